The number of hydrogen-bond acceptors (Lipinski definition) is 4. The van der Waals surface area contributed by atoms with Gasteiger partial charge in [-0.25, -0.2) is 0 Å². The average molecular weight is 318 g/mol. The highest BCUT2D eigenvalue weighted by Crippen LogP contribution is 2.42. The number of alkyl halides is 3. The number of halogens is 3. The maximum Gasteiger partial charge on any atom is 0.438 e. The second-order valence-electron chi connectivity index (χ2n) is 5.84. The van der Waals surface area contributed by atoms with Crippen molar-refractivity contribution in [1.82, 2.24) is 5.01 Å². The number of hydrogen-bond donors (Lipinski definition) is 1. The normalized spacial score (nSPS) is 22.4. The maximum atomic E-state index is 13.3. The summed E-state index contributed by atoms with van der Waals surface area (Å²) in [5, 5.41) is 13.9. The first-order valence-corrected chi connectivity index (χ1v) is 6.79. The summed E-state index contributed by atoms with van der Waals surface area (Å²) in [4.78, 5) is 12.3. The molecular weight excluding hydrogens is 301 g/mol. The molecule has 22 heavy (non-hydrogen) atoms. The van der Waals surface area contributed by atoms with Crippen LogP contribution in [0.4, 0.5) is 13.2 Å². The molecule has 1 aromatic heterocycles. The van der Waals surface area contributed by atoms with Gasteiger partial charge in [-0.1, -0.05) is 13.8 Å². The Morgan fingerprint density at radius 2 is 2.14 bits per heavy atom. The molecule has 5 nitrogen and oxygen atoms in total. The van der Waals surface area contributed by atoms with Gasteiger partial charge in [-0.05, 0) is 19.3 Å². The number of amides is 1. The highest BCUT2D eigenvalue weighted by molar-refractivity contribution is 5.99. The van der Waals surface area contributed by atoms with Crippen molar-refractivity contribution in [2.24, 2.45) is 11.0 Å². The quantitative estimate of drug-likeness (QED) is 0.931. The maximum absolute atomic E-state index is 13.3. The van der Waals surface area contributed by atoms with Gasteiger partial charge in [0.2, 0.25) is 0 Å². The first-order valence-electron chi connectivity index (χ1n) is 6.79. The predicted octanol–water partition coefficient (Wildman–Crippen LogP) is 3.09. The molecule has 0 fully saturated rings. The number of carbonyl (C=O) groups excluding carboxylic acids is 1. The fraction of sp³-hybridized carbons (Fsp3) is 0.571. The van der Waals surface area contributed by atoms with Crippen molar-refractivity contribution in [3.63, 3.8) is 0 Å². The van der Waals surface area contributed by atoms with Crippen molar-refractivity contribution in [1.29, 1.82) is 0 Å². The average Bonchev–Trinajstić information content (AvgIpc) is 2.92. The molecule has 2 heterocycles. The Balaban J connectivity index is 2.41. The molecule has 1 N–H and O–H groups in total. The fourth-order valence-corrected chi connectivity index (χ4v) is 2.33. The monoisotopic (exact) mass is 318 g/mol. The fourth-order valence-electron chi connectivity index (χ4n) is 2.33. The van der Waals surface area contributed by atoms with Crippen LogP contribution < -0.4 is 0 Å². The minimum absolute atomic E-state index is 0.0574. The summed E-state index contributed by atoms with van der Waals surface area (Å²) in [7, 11) is 0. The van der Waals surface area contributed by atoms with Gasteiger partial charge in [-0.3, -0.25) is 4.79 Å². The van der Waals surface area contributed by atoms with E-state index in [1.807, 2.05) is 13.8 Å². The molecule has 1 aromatic rings. The first kappa shape index (κ1) is 16.5. The SMILES string of the molecule is Cc1cocc1C(=O)N1N=C(CC(C)C)C[C@@]1(O)C(F)(F)F. The topological polar surface area (TPSA) is 66.0 Å². The van der Waals surface area contributed by atoms with Crippen molar-refractivity contribution >= 4 is 11.6 Å². The Labute approximate surface area is 125 Å². The van der Waals surface area contributed by atoms with Crippen LogP contribution in [0.25, 0.3) is 0 Å². The van der Waals surface area contributed by atoms with Crippen LogP contribution in [-0.4, -0.2) is 33.6 Å². The molecule has 2 rings (SSSR count). The number of carbonyl (C=O) groups is 1. The van der Waals surface area contributed by atoms with E-state index in [0.717, 1.165) is 6.26 Å². The molecule has 0 aliphatic carbocycles. The lowest BCUT2D eigenvalue weighted by Gasteiger charge is -2.32. The highest BCUT2D eigenvalue weighted by atomic mass is 19.4. The molecule has 0 saturated carbocycles. The van der Waals surface area contributed by atoms with E-state index in [1.165, 1.54) is 13.2 Å². The van der Waals surface area contributed by atoms with E-state index >= 15 is 0 Å². The molecular formula is C14H17F3N2O3. The number of furan rings is 1. The second kappa shape index (κ2) is 5.42. The Morgan fingerprint density at radius 3 is 2.59 bits per heavy atom. The number of aliphatic hydroxyl groups is 1. The largest absolute Gasteiger partial charge is 0.471 e. The zero-order chi connectivity index (χ0) is 16.7. The smallest absolute Gasteiger partial charge is 0.438 e. The van der Waals surface area contributed by atoms with Gasteiger partial charge in [0.1, 0.15) is 6.26 Å². The van der Waals surface area contributed by atoms with E-state index in [4.69, 9.17) is 4.42 Å². The third kappa shape index (κ3) is 2.75. The Kier molecular flexibility index (Phi) is 4.08. The Morgan fingerprint density at radius 1 is 1.50 bits per heavy atom. The van der Waals surface area contributed by atoms with Gasteiger partial charge >= 0.3 is 6.18 Å². The zero-order valence-electron chi connectivity index (χ0n) is 12.4. The van der Waals surface area contributed by atoms with Gasteiger partial charge < -0.3 is 9.52 Å². The molecule has 1 aliphatic heterocycles. The summed E-state index contributed by atoms with van der Waals surface area (Å²) >= 11 is 0. The number of aryl methyl sites for hydroxylation is 1. The summed E-state index contributed by atoms with van der Waals surface area (Å²) in [5.74, 6) is -0.980. The van der Waals surface area contributed by atoms with Crippen molar-refractivity contribution in [2.45, 2.75) is 45.5 Å². The summed E-state index contributed by atoms with van der Waals surface area (Å²) in [6, 6.07) is 0. The summed E-state index contributed by atoms with van der Waals surface area (Å²) < 4.78 is 44.6. The van der Waals surface area contributed by atoms with Crippen molar-refractivity contribution in [3.05, 3.63) is 23.7 Å². The molecule has 8 heteroatoms. The van der Waals surface area contributed by atoms with Crippen LogP contribution >= 0.6 is 0 Å². The lowest BCUT2D eigenvalue weighted by molar-refractivity contribution is -0.297. The van der Waals surface area contributed by atoms with E-state index in [2.05, 4.69) is 5.10 Å². The van der Waals surface area contributed by atoms with Crippen molar-refractivity contribution < 1.29 is 27.5 Å². The van der Waals surface area contributed by atoms with Gasteiger partial charge in [0.05, 0.1) is 11.8 Å². The standard InChI is InChI=1S/C14H17F3N2O3/c1-8(2)4-10-5-13(21,14(15,16)17)19(18-10)12(20)11-7-22-6-9(11)3/h6-8,21H,4-5H2,1-3H3/t13-/m1/s1. The second-order valence-corrected chi connectivity index (χ2v) is 5.84. The van der Waals surface area contributed by atoms with E-state index in [-0.39, 0.29) is 28.6 Å². The highest BCUT2D eigenvalue weighted by Gasteiger charge is 2.63. The minimum atomic E-state index is -5.01. The van der Waals surface area contributed by atoms with Crippen molar-refractivity contribution in [3.8, 4) is 0 Å². The molecule has 0 aromatic carbocycles. The molecule has 0 unspecified atom stereocenters. The number of rotatable bonds is 3. The molecule has 122 valence electrons. The predicted molar refractivity (Wildman–Crippen MR) is 72.1 cm³/mol. The third-order valence-corrected chi connectivity index (χ3v) is 3.42. The molecule has 0 bridgehead atoms. The first-order chi connectivity index (χ1) is 10.1. The number of nitrogens with zero attached hydrogens (tertiary/aromatic N) is 2. The van der Waals surface area contributed by atoms with Crippen molar-refractivity contribution in [2.75, 3.05) is 0 Å². The van der Waals surface area contributed by atoms with Gasteiger partial charge in [-0.15, -0.1) is 0 Å². The molecule has 1 atom stereocenters. The van der Waals surface area contributed by atoms with Gasteiger partial charge in [-0.2, -0.15) is 23.3 Å². The van der Waals surface area contributed by atoms with Gasteiger partial charge in [0.15, 0.2) is 0 Å². The Bertz CT molecular complexity index is 607. The van der Waals surface area contributed by atoms with Crippen LogP contribution in [0, 0.1) is 12.8 Å². The minimum Gasteiger partial charge on any atom is -0.471 e. The lowest BCUT2D eigenvalue weighted by atomic mass is 9.99. The van der Waals surface area contributed by atoms with Gasteiger partial charge in [0.25, 0.3) is 11.6 Å². The molecule has 0 spiro atoms. The summed E-state index contributed by atoms with van der Waals surface area (Å²) in [6.07, 6.45) is -3.19. The molecule has 1 aliphatic rings. The van der Waals surface area contributed by atoms with Crippen LogP contribution in [0.15, 0.2) is 22.0 Å². The molecule has 1 amide bonds. The van der Waals surface area contributed by atoms with Crippen LogP contribution in [-0.2, 0) is 0 Å². The summed E-state index contributed by atoms with van der Waals surface area (Å²) in [5.41, 5.74) is -2.86. The Hall–Kier alpha value is -1.83. The van der Waals surface area contributed by atoms with E-state index in [1.54, 1.807) is 0 Å². The third-order valence-electron chi connectivity index (χ3n) is 3.42. The van der Waals surface area contributed by atoms with E-state index < -0.39 is 24.2 Å². The lowest BCUT2D eigenvalue weighted by Crippen LogP contribution is -2.56. The van der Waals surface area contributed by atoms with Crippen LogP contribution in [0.5, 0.6) is 0 Å². The molecule has 0 saturated heterocycles. The molecule has 0 radical (unpaired) electrons. The van der Waals surface area contributed by atoms with Crippen LogP contribution in [0.1, 0.15) is 42.6 Å². The van der Waals surface area contributed by atoms with E-state index in [0.29, 0.717) is 5.56 Å². The van der Waals surface area contributed by atoms with E-state index in [9.17, 15) is 23.1 Å². The zero-order valence-corrected chi connectivity index (χ0v) is 12.4. The summed E-state index contributed by atoms with van der Waals surface area (Å²) in [6.45, 7) is 5.16. The number of hydrazone groups is 1. The van der Waals surface area contributed by atoms with Gasteiger partial charge in [0, 0.05) is 17.7 Å². The van der Waals surface area contributed by atoms with Crippen LogP contribution in [0.3, 0.4) is 0 Å². The van der Waals surface area contributed by atoms with Crippen LogP contribution in [0.2, 0.25) is 0 Å².